The summed E-state index contributed by atoms with van der Waals surface area (Å²) < 4.78 is 25.6. The lowest BCUT2D eigenvalue weighted by Gasteiger charge is -2.25. The number of hydrogen-bond donors (Lipinski definition) is 2. The number of carboxylic acids is 1. The number of carbonyl (C=O) groups excluding carboxylic acids is 1. The molecular formula is C12H16N2O5S3. The minimum absolute atomic E-state index is 0.00507. The second-order valence-electron chi connectivity index (χ2n) is 4.55. The number of nitrogens with zero attached hydrogens (tertiary/aromatic N) is 1. The van der Waals surface area contributed by atoms with Crippen molar-refractivity contribution in [3.05, 3.63) is 21.9 Å². The minimum atomic E-state index is -3.35. The van der Waals surface area contributed by atoms with Crippen LogP contribution in [0.2, 0.25) is 0 Å². The third kappa shape index (κ3) is 4.45. The number of hydrogen-bond acceptors (Lipinski definition) is 6. The predicted molar refractivity (Wildman–Crippen MR) is 86.3 cm³/mol. The molecule has 0 bridgehead atoms. The van der Waals surface area contributed by atoms with Crippen LogP contribution in [-0.2, 0) is 10.0 Å². The zero-order chi connectivity index (χ0) is 16.2. The molecule has 0 atom stereocenters. The molecule has 7 nitrogen and oxygen atoms in total. The lowest BCUT2D eigenvalue weighted by atomic mass is 10.4. The molecule has 2 heterocycles. The second kappa shape index (κ2) is 7.44. The maximum absolute atomic E-state index is 12.1. The van der Waals surface area contributed by atoms with Gasteiger partial charge in [0.15, 0.2) is 0 Å². The molecule has 1 aromatic rings. The Balaban J connectivity index is 1.84. The van der Waals surface area contributed by atoms with Gasteiger partial charge >= 0.3 is 5.97 Å². The van der Waals surface area contributed by atoms with E-state index in [1.807, 2.05) is 0 Å². The standard InChI is InChI=1S/C12H16N2O5S3/c15-11(9-1-2-10(21-9)12(16)17)13-3-8-22(18,19)14-4-6-20-7-5-14/h1-2H,3-8H2,(H,13,15)(H,16,17). The molecule has 1 amide bonds. The maximum Gasteiger partial charge on any atom is 0.345 e. The van der Waals surface area contributed by atoms with Gasteiger partial charge in [-0.1, -0.05) is 0 Å². The summed E-state index contributed by atoms with van der Waals surface area (Å²) >= 11 is 2.58. The number of carbonyl (C=O) groups is 2. The van der Waals surface area contributed by atoms with Gasteiger partial charge in [0, 0.05) is 31.1 Å². The Kier molecular flexibility index (Phi) is 5.84. The highest BCUT2D eigenvalue weighted by molar-refractivity contribution is 7.99. The van der Waals surface area contributed by atoms with E-state index in [4.69, 9.17) is 5.11 Å². The van der Waals surface area contributed by atoms with Gasteiger partial charge in [-0.25, -0.2) is 17.5 Å². The number of rotatable bonds is 6. The fraction of sp³-hybridized carbons (Fsp3) is 0.500. The molecule has 0 radical (unpaired) electrons. The Hall–Kier alpha value is -1.10. The monoisotopic (exact) mass is 364 g/mol. The lowest BCUT2D eigenvalue weighted by Crippen LogP contribution is -2.41. The van der Waals surface area contributed by atoms with Crippen LogP contribution in [0.1, 0.15) is 19.3 Å². The molecule has 0 aromatic carbocycles. The smallest absolute Gasteiger partial charge is 0.345 e. The third-order valence-corrected chi connectivity index (χ3v) is 6.94. The van der Waals surface area contributed by atoms with Gasteiger partial charge in [-0.15, -0.1) is 11.3 Å². The molecule has 10 heteroatoms. The highest BCUT2D eigenvalue weighted by atomic mass is 32.2. The van der Waals surface area contributed by atoms with Crippen LogP contribution in [0.5, 0.6) is 0 Å². The minimum Gasteiger partial charge on any atom is -0.477 e. The summed E-state index contributed by atoms with van der Waals surface area (Å²) in [6.07, 6.45) is 0. The first kappa shape index (κ1) is 17.3. The number of thioether (sulfide) groups is 1. The molecule has 2 N–H and O–H groups in total. The maximum atomic E-state index is 12.1. The van der Waals surface area contributed by atoms with Gasteiger partial charge in [0.2, 0.25) is 10.0 Å². The molecule has 1 aromatic heterocycles. The van der Waals surface area contributed by atoms with E-state index in [2.05, 4.69) is 5.32 Å². The first-order valence-electron chi connectivity index (χ1n) is 6.57. The fourth-order valence-electron chi connectivity index (χ4n) is 1.91. The van der Waals surface area contributed by atoms with Crippen molar-refractivity contribution in [1.29, 1.82) is 0 Å². The average Bonchev–Trinajstić information content (AvgIpc) is 2.98. The Morgan fingerprint density at radius 1 is 1.23 bits per heavy atom. The number of nitrogens with one attached hydrogen (secondary N) is 1. The highest BCUT2D eigenvalue weighted by Crippen LogP contribution is 2.16. The van der Waals surface area contributed by atoms with Crippen LogP contribution < -0.4 is 5.32 Å². The molecule has 22 heavy (non-hydrogen) atoms. The molecule has 1 aliphatic heterocycles. The average molecular weight is 364 g/mol. The van der Waals surface area contributed by atoms with Gasteiger partial charge in [0.05, 0.1) is 10.6 Å². The highest BCUT2D eigenvalue weighted by Gasteiger charge is 2.24. The number of sulfonamides is 1. The second-order valence-corrected chi connectivity index (χ2v) is 8.95. The van der Waals surface area contributed by atoms with Crippen molar-refractivity contribution < 1.29 is 23.1 Å². The molecule has 0 spiro atoms. The molecule has 0 unspecified atom stereocenters. The quantitative estimate of drug-likeness (QED) is 0.764. The van der Waals surface area contributed by atoms with Crippen LogP contribution in [0.4, 0.5) is 0 Å². The molecule has 0 saturated carbocycles. The Morgan fingerprint density at radius 3 is 2.45 bits per heavy atom. The van der Waals surface area contributed by atoms with Crippen molar-refractivity contribution >= 4 is 45.0 Å². The molecule has 0 aliphatic carbocycles. The van der Waals surface area contributed by atoms with E-state index in [9.17, 15) is 18.0 Å². The van der Waals surface area contributed by atoms with Crippen LogP contribution in [-0.4, -0.2) is 66.6 Å². The largest absolute Gasteiger partial charge is 0.477 e. The van der Waals surface area contributed by atoms with Crippen molar-refractivity contribution in [3.63, 3.8) is 0 Å². The molecule has 2 rings (SSSR count). The zero-order valence-electron chi connectivity index (χ0n) is 11.6. The molecule has 1 aliphatic rings. The van der Waals surface area contributed by atoms with Crippen LogP contribution >= 0.6 is 23.1 Å². The number of amides is 1. The van der Waals surface area contributed by atoms with E-state index >= 15 is 0 Å². The van der Waals surface area contributed by atoms with Crippen molar-refractivity contribution in [3.8, 4) is 0 Å². The van der Waals surface area contributed by atoms with Gasteiger partial charge in [-0.2, -0.15) is 11.8 Å². The van der Waals surface area contributed by atoms with Crippen molar-refractivity contribution in [2.45, 2.75) is 0 Å². The van der Waals surface area contributed by atoms with E-state index < -0.39 is 21.9 Å². The van der Waals surface area contributed by atoms with E-state index in [1.165, 1.54) is 16.4 Å². The first-order valence-corrected chi connectivity index (χ1v) is 10.1. The zero-order valence-corrected chi connectivity index (χ0v) is 14.1. The SMILES string of the molecule is O=C(O)c1ccc(C(=O)NCCS(=O)(=O)N2CCSCC2)s1. The summed E-state index contributed by atoms with van der Waals surface area (Å²) in [6, 6.07) is 2.77. The molecule has 122 valence electrons. The van der Waals surface area contributed by atoms with Crippen molar-refractivity contribution in [2.24, 2.45) is 0 Å². The lowest BCUT2D eigenvalue weighted by molar-refractivity contribution is 0.0702. The van der Waals surface area contributed by atoms with Gasteiger partial charge in [-0.05, 0) is 12.1 Å². The fourth-order valence-corrected chi connectivity index (χ4v) is 5.16. The Morgan fingerprint density at radius 2 is 1.86 bits per heavy atom. The third-order valence-electron chi connectivity index (χ3n) is 3.05. The number of carboxylic acid groups (broad SMARTS) is 1. The van der Waals surface area contributed by atoms with Crippen molar-refractivity contribution in [2.75, 3.05) is 36.9 Å². The summed E-state index contributed by atoms with van der Waals surface area (Å²) in [5.74, 6) is -0.116. The van der Waals surface area contributed by atoms with Crippen LogP contribution in [0.3, 0.4) is 0 Å². The summed E-state index contributed by atoms with van der Waals surface area (Å²) in [7, 11) is -3.35. The summed E-state index contributed by atoms with van der Waals surface area (Å²) in [5, 5.41) is 11.3. The molecule has 1 fully saturated rings. The van der Waals surface area contributed by atoms with Crippen LogP contribution in [0, 0.1) is 0 Å². The normalized spacial score (nSPS) is 16.4. The summed E-state index contributed by atoms with van der Waals surface area (Å²) in [6.45, 7) is 1.02. The van der Waals surface area contributed by atoms with E-state index in [0.717, 1.165) is 22.8 Å². The van der Waals surface area contributed by atoms with Crippen LogP contribution in [0.15, 0.2) is 12.1 Å². The van der Waals surface area contributed by atoms with E-state index in [0.29, 0.717) is 13.1 Å². The predicted octanol–water partition coefficient (Wildman–Crippen LogP) is 0.555. The first-order chi connectivity index (χ1) is 10.4. The molecular weight excluding hydrogens is 348 g/mol. The number of thiophene rings is 1. The van der Waals surface area contributed by atoms with E-state index in [-0.39, 0.29) is 22.1 Å². The Labute approximate surface area is 136 Å². The van der Waals surface area contributed by atoms with Gasteiger partial charge in [0.25, 0.3) is 5.91 Å². The summed E-state index contributed by atoms with van der Waals surface area (Å²) in [4.78, 5) is 22.9. The van der Waals surface area contributed by atoms with Gasteiger partial charge < -0.3 is 10.4 Å². The van der Waals surface area contributed by atoms with Gasteiger partial charge in [-0.3, -0.25) is 4.79 Å². The van der Waals surface area contributed by atoms with Crippen LogP contribution in [0.25, 0.3) is 0 Å². The molecule has 1 saturated heterocycles. The van der Waals surface area contributed by atoms with Crippen molar-refractivity contribution in [1.82, 2.24) is 9.62 Å². The van der Waals surface area contributed by atoms with E-state index in [1.54, 1.807) is 11.8 Å². The number of aromatic carboxylic acids is 1. The topological polar surface area (TPSA) is 104 Å². The van der Waals surface area contributed by atoms with Gasteiger partial charge in [0.1, 0.15) is 4.88 Å². The Bertz CT molecular complexity index is 649. The summed E-state index contributed by atoms with van der Waals surface area (Å²) in [5.41, 5.74) is 0.